The molecule has 2 atom stereocenters. The molecule has 2 unspecified atom stereocenters. The molecule has 0 amide bonds. The van der Waals surface area contributed by atoms with Crippen molar-refractivity contribution in [2.24, 2.45) is 11.8 Å². The molecule has 0 aromatic heterocycles. The quantitative estimate of drug-likeness (QED) is 0.593. The van der Waals surface area contributed by atoms with Gasteiger partial charge in [0.1, 0.15) is 0 Å². The average molecular weight is 225 g/mol. The molecular weight excluding hydrogens is 209 g/mol. The predicted octanol–water partition coefficient (Wildman–Crippen LogP) is -0.0735. The number of hydrogen-bond donors (Lipinski definition) is 2. The summed E-state index contributed by atoms with van der Waals surface area (Å²) in [5, 5.41) is 17.6. The topological polar surface area (TPSA) is 77.8 Å². The van der Waals surface area contributed by atoms with Gasteiger partial charge in [0.25, 0.3) is 0 Å². The van der Waals surface area contributed by atoms with E-state index >= 15 is 0 Å². The molecule has 0 spiro atoms. The van der Waals surface area contributed by atoms with E-state index < -0.39 is 17.9 Å². The molecule has 0 rings (SSSR count). The zero-order valence-electron chi connectivity index (χ0n) is 9.43. The molecule has 0 saturated heterocycles. The van der Waals surface area contributed by atoms with Gasteiger partial charge in [-0.05, 0) is 0 Å². The summed E-state index contributed by atoms with van der Waals surface area (Å²) < 4.78 is 0.808. The van der Waals surface area contributed by atoms with Crippen LogP contribution in [-0.4, -0.2) is 75.6 Å². The number of carbonyl (C=O) groups is 2. The van der Waals surface area contributed by atoms with Gasteiger partial charge in [-0.15, -0.1) is 0 Å². The first-order valence-corrected chi connectivity index (χ1v) is 6.39. The van der Waals surface area contributed by atoms with Crippen molar-refractivity contribution in [1.82, 2.24) is 4.90 Å². The predicted molar refractivity (Wildman–Crippen MR) is 56.0 cm³/mol. The van der Waals surface area contributed by atoms with E-state index in [1.54, 1.807) is 0 Å². The molecule has 15 heavy (non-hydrogen) atoms. The Kier molecular flexibility index (Phi) is 7.17. The summed E-state index contributed by atoms with van der Waals surface area (Å²) in [5.41, 5.74) is 0. The molecule has 0 fully saturated rings. The number of nitrogens with zero attached hydrogens (tertiary/aromatic N) is 1. The SMILES string of the molecule is CN(C)CC([CH2][Na])C(CC(=O)O)C(=O)O. The molecule has 6 heteroatoms. The summed E-state index contributed by atoms with van der Waals surface area (Å²) in [7, 11) is 3.73. The molecule has 82 valence electrons. The van der Waals surface area contributed by atoms with Gasteiger partial charge in [0.15, 0.2) is 0 Å². The summed E-state index contributed by atoms with van der Waals surface area (Å²) in [6, 6.07) is 0. The van der Waals surface area contributed by atoms with Crippen molar-refractivity contribution in [1.29, 1.82) is 0 Å². The molecule has 0 aliphatic carbocycles. The fourth-order valence-electron chi connectivity index (χ4n) is 1.65. The number of rotatable bonds is 7. The average Bonchev–Trinajstić information content (AvgIpc) is 2.09. The minimum atomic E-state index is -1.04. The van der Waals surface area contributed by atoms with Crippen LogP contribution in [0.15, 0.2) is 0 Å². The van der Waals surface area contributed by atoms with Crippen molar-refractivity contribution in [3.05, 3.63) is 0 Å². The summed E-state index contributed by atoms with van der Waals surface area (Å²) in [5.74, 6) is -2.86. The standard InChI is InChI=1S/C9H16NO4.Na/c1-6(5-10(2)3)7(9(13)14)4-8(11)12;/h6-7H,1,4-5H2,2-3H3,(H,11,12)(H,13,14);. The van der Waals surface area contributed by atoms with Crippen molar-refractivity contribution in [3.63, 3.8) is 0 Å². The van der Waals surface area contributed by atoms with Gasteiger partial charge < -0.3 is 0 Å². The molecule has 0 saturated carbocycles. The zero-order valence-corrected chi connectivity index (χ0v) is 11.4. The van der Waals surface area contributed by atoms with Gasteiger partial charge in [-0.3, -0.25) is 0 Å². The van der Waals surface area contributed by atoms with Gasteiger partial charge >= 0.3 is 107 Å². The number of carboxylic acids is 2. The fraction of sp³-hybridized carbons (Fsp3) is 0.778. The Labute approximate surface area is 107 Å². The number of aliphatic carboxylic acids is 2. The van der Waals surface area contributed by atoms with E-state index in [1.165, 1.54) is 0 Å². The molecule has 0 aliphatic heterocycles. The monoisotopic (exact) mass is 225 g/mol. The minimum absolute atomic E-state index is 0.0553. The van der Waals surface area contributed by atoms with Crippen molar-refractivity contribution in [3.8, 4) is 0 Å². The molecule has 2 N–H and O–H groups in total. The third-order valence-electron chi connectivity index (χ3n) is 2.40. The van der Waals surface area contributed by atoms with E-state index in [0.29, 0.717) is 6.54 Å². The summed E-state index contributed by atoms with van der Waals surface area (Å²) in [6.45, 7) is 0.633. The van der Waals surface area contributed by atoms with E-state index in [1.807, 2.05) is 19.0 Å². The second-order valence-corrected chi connectivity index (χ2v) is 4.79. The van der Waals surface area contributed by atoms with Crippen LogP contribution in [0.1, 0.15) is 6.42 Å². The Morgan fingerprint density at radius 1 is 1.33 bits per heavy atom. The Morgan fingerprint density at radius 2 is 1.87 bits per heavy atom. The van der Waals surface area contributed by atoms with Crippen LogP contribution in [0.25, 0.3) is 0 Å². The third kappa shape index (κ3) is 6.14. The molecule has 5 nitrogen and oxygen atoms in total. The first-order chi connectivity index (χ1) is 6.88. The van der Waals surface area contributed by atoms with Crippen molar-refractivity contribution in [2.75, 3.05) is 20.6 Å². The van der Waals surface area contributed by atoms with Gasteiger partial charge in [0, 0.05) is 0 Å². The molecule has 0 aromatic carbocycles. The number of carboxylic acid groups (broad SMARTS) is 2. The van der Waals surface area contributed by atoms with Gasteiger partial charge in [0.2, 0.25) is 0 Å². The van der Waals surface area contributed by atoms with Crippen molar-refractivity contribution < 1.29 is 19.8 Å². The van der Waals surface area contributed by atoms with Crippen LogP contribution in [0.3, 0.4) is 0 Å². The van der Waals surface area contributed by atoms with Gasteiger partial charge in [-0.25, -0.2) is 0 Å². The van der Waals surface area contributed by atoms with E-state index in [4.69, 9.17) is 10.2 Å². The second-order valence-electron chi connectivity index (χ2n) is 3.97. The molecule has 0 bridgehead atoms. The fourth-order valence-corrected chi connectivity index (χ4v) is 2.48. The first-order valence-electron chi connectivity index (χ1n) is 4.97. The Hall–Kier alpha value is -0.100. The van der Waals surface area contributed by atoms with Crippen LogP contribution in [-0.2, 0) is 9.59 Å². The Bertz CT molecular complexity index is 232. The van der Waals surface area contributed by atoms with Crippen LogP contribution in [0.4, 0.5) is 0 Å². The summed E-state index contributed by atoms with van der Waals surface area (Å²) in [4.78, 5) is 23.4. The summed E-state index contributed by atoms with van der Waals surface area (Å²) in [6.07, 6.45) is -0.282. The number of hydrogen-bond acceptors (Lipinski definition) is 3. The third-order valence-corrected chi connectivity index (χ3v) is 3.45. The van der Waals surface area contributed by atoms with Gasteiger partial charge in [0.05, 0.1) is 0 Å². The van der Waals surface area contributed by atoms with Crippen LogP contribution in [0.5, 0.6) is 0 Å². The molecule has 0 heterocycles. The van der Waals surface area contributed by atoms with Crippen molar-refractivity contribution in [2.45, 2.75) is 10.1 Å². The maximum absolute atomic E-state index is 11.0. The van der Waals surface area contributed by atoms with Crippen LogP contribution in [0, 0.1) is 11.8 Å². The van der Waals surface area contributed by atoms with E-state index in [0.717, 1.165) is 31.6 Å². The maximum atomic E-state index is 11.0. The van der Waals surface area contributed by atoms with E-state index in [2.05, 4.69) is 0 Å². The summed E-state index contributed by atoms with van der Waals surface area (Å²) >= 11 is 0.889. The van der Waals surface area contributed by atoms with Crippen LogP contribution < -0.4 is 0 Å². The molecular formula is C9H16NNaO4. The van der Waals surface area contributed by atoms with E-state index in [9.17, 15) is 9.59 Å². The first kappa shape index (κ1) is 14.9. The molecule has 0 radical (unpaired) electrons. The van der Waals surface area contributed by atoms with Crippen molar-refractivity contribution >= 4 is 39.9 Å². The zero-order chi connectivity index (χ0) is 12.0. The van der Waals surface area contributed by atoms with Crippen LogP contribution in [0.2, 0.25) is 3.67 Å². The second kappa shape index (κ2) is 7.22. The van der Waals surface area contributed by atoms with Gasteiger partial charge in [-0.2, -0.15) is 0 Å². The van der Waals surface area contributed by atoms with Gasteiger partial charge in [-0.1, -0.05) is 0 Å². The molecule has 0 aliphatic rings. The molecule has 0 aromatic rings. The van der Waals surface area contributed by atoms with Crippen LogP contribution >= 0.6 is 0 Å². The Balaban J connectivity index is 4.54. The Morgan fingerprint density at radius 3 is 2.13 bits per heavy atom. The van der Waals surface area contributed by atoms with E-state index in [-0.39, 0.29) is 12.3 Å². The normalized spacial score (nSPS) is 15.0.